The lowest BCUT2D eigenvalue weighted by molar-refractivity contribution is 0.492. The van der Waals surface area contributed by atoms with Crippen molar-refractivity contribution in [1.82, 2.24) is 15.0 Å². The second kappa shape index (κ2) is 5.61. The highest BCUT2D eigenvalue weighted by molar-refractivity contribution is 7.17. The maximum atomic E-state index is 13.0. The topological polar surface area (TPSA) is 41.9 Å². The fourth-order valence-corrected chi connectivity index (χ4v) is 3.88. The summed E-state index contributed by atoms with van der Waals surface area (Å²) in [5, 5.41) is 2.05. The molecule has 1 saturated heterocycles. The summed E-state index contributed by atoms with van der Waals surface area (Å²) in [4.78, 5) is 15.3. The zero-order chi connectivity index (χ0) is 14.9. The third kappa shape index (κ3) is 2.43. The Morgan fingerprint density at radius 3 is 2.73 bits per heavy atom. The van der Waals surface area contributed by atoms with Gasteiger partial charge in [0, 0.05) is 24.7 Å². The first-order valence-electron chi connectivity index (χ1n) is 7.36. The number of hydrogen-bond acceptors (Lipinski definition) is 5. The molecule has 0 spiro atoms. The first kappa shape index (κ1) is 13.6. The van der Waals surface area contributed by atoms with E-state index in [4.69, 9.17) is 0 Å². The maximum absolute atomic E-state index is 13.0. The second-order valence-corrected chi connectivity index (χ2v) is 6.41. The van der Waals surface area contributed by atoms with E-state index < -0.39 is 0 Å². The van der Waals surface area contributed by atoms with Crippen molar-refractivity contribution in [2.24, 2.45) is 0 Å². The first-order valence-corrected chi connectivity index (χ1v) is 8.24. The van der Waals surface area contributed by atoms with Crippen LogP contribution in [0.3, 0.4) is 0 Å². The zero-order valence-corrected chi connectivity index (χ0v) is 12.8. The van der Waals surface area contributed by atoms with Gasteiger partial charge in [-0.2, -0.15) is 0 Å². The Balaban J connectivity index is 1.52. The van der Waals surface area contributed by atoms with Gasteiger partial charge in [-0.25, -0.2) is 14.4 Å². The van der Waals surface area contributed by atoms with Gasteiger partial charge in [0.2, 0.25) is 0 Å². The van der Waals surface area contributed by atoms with Gasteiger partial charge in [0.25, 0.3) is 0 Å². The highest BCUT2D eigenvalue weighted by Gasteiger charge is 2.23. The van der Waals surface area contributed by atoms with Crippen molar-refractivity contribution in [2.45, 2.75) is 18.8 Å². The van der Waals surface area contributed by atoms with E-state index >= 15 is 0 Å². The number of rotatable bonds is 2. The van der Waals surface area contributed by atoms with Crippen molar-refractivity contribution < 1.29 is 4.39 Å². The van der Waals surface area contributed by atoms with Crippen LogP contribution >= 0.6 is 11.3 Å². The van der Waals surface area contributed by atoms with E-state index in [1.54, 1.807) is 23.7 Å². The third-order valence-corrected chi connectivity index (χ3v) is 5.09. The molecule has 0 atom stereocenters. The molecule has 6 heteroatoms. The standard InChI is InChI=1S/C16H15FN4S/c17-12-1-2-13(18-9-12)11-3-6-21(7-4-11)16-15-14(5-8-22-15)19-10-20-16/h1-2,5,8-11H,3-4,6-7H2. The summed E-state index contributed by atoms with van der Waals surface area (Å²) >= 11 is 1.69. The molecule has 0 aromatic carbocycles. The van der Waals surface area contributed by atoms with Gasteiger partial charge in [0.05, 0.1) is 16.4 Å². The Bertz CT molecular complexity index is 778. The number of fused-ring (bicyclic) bond motifs is 1. The molecule has 0 radical (unpaired) electrons. The van der Waals surface area contributed by atoms with Crippen molar-refractivity contribution >= 4 is 27.4 Å². The molecule has 3 aromatic heterocycles. The quantitative estimate of drug-likeness (QED) is 0.724. The van der Waals surface area contributed by atoms with Crippen LogP contribution in [0, 0.1) is 5.82 Å². The molecule has 4 heterocycles. The van der Waals surface area contributed by atoms with Crippen LogP contribution in [0.15, 0.2) is 36.1 Å². The van der Waals surface area contributed by atoms with Crippen LogP contribution in [0.5, 0.6) is 0 Å². The monoisotopic (exact) mass is 314 g/mol. The minimum Gasteiger partial charge on any atom is -0.355 e. The Hall–Kier alpha value is -2.08. The number of anilines is 1. The van der Waals surface area contributed by atoms with E-state index in [0.717, 1.165) is 47.7 Å². The number of aromatic nitrogens is 3. The second-order valence-electron chi connectivity index (χ2n) is 5.49. The van der Waals surface area contributed by atoms with Crippen molar-refractivity contribution in [3.63, 3.8) is 0 Å². The number of piperidine rings is 1. The van der Waals surface area contributed by atoms with E-state index in [9.17, 15) is 4.39 Å². The lowest BCUT2D eigenvalue weighted by Crippen LogP contribution is -2.33. The molecular formula is C16H15FN4S. The fourth-order valence-electron chi connectivity index (χ4n) is 3.02. The Labute approximate surface area is 131 Å². The van der Waals surface area contributed by atoms with Gasteiger partial charge in [-0.1, -0.05) is 0 Å². The third-order valence-electron chi connectivity index (χ3n) is 4.19. The Morgan fingerprint density at radius 1 is 1.09 bits per heavy atom. The number of nitrogens with zero attached hydrogens (tertiary/aromatic N) is 4. The summed E-state index contributed by atoms with van der Waals surface area (Å²) in [6.45, 7) is 1.88. The predicted octanol–water partition coefficient (Wildman–Crippen LogP) is 3.61. The van der Waals surface area contributed by atoms with Gasteiger partial charge in [0.1, 0.15) is 18.0 Å². The molecule has 4 nitrogen and oxygen atoms in total. The summed E-state index contributed by atoms with van der Waals surface area (Å²) in [6.07, 6.45) is 4.96. The lowest BCUT2D eigenvalue weighted by atomic mass is 9.93. The summed E-state index contributed by atoms with van der Waals surface area (Å²) in [5.74, 6) is 1.16. The molecule has 0 unspecified atom stereocenters. The van der Waals surface area contributed by atoms with Crippen LogP contribution in [0.25, 0.3) is 10.2 Å². The molecule has 0 aliphatic carbocycles. The number of halogens is 1. The smallest absolute Gasteiger partial charge is 0.150 e. The molecule has 22 heavy (non-hydrogen) atoms. The van der Waals surface area contributed by atoms with Crippen molar-refractivity contribution in [1.29, 1.82) is 0 Å². The Kier molecular flexibility index (Phi) is 3.46. The normalized spacial score (nSPS) is 16.3. The minimum atomic E-state index is -0.276. The number of pyridine rings is 1. The predicted molar refractivity (Wildman–Crippen MR) is 85.8 cm³/mol. The van der Waals surface area contributed by atoms with Crippen LogP contribution in [-0.2, 0) is 0 Å². The first-order chi connectivity index (χ1) is 10.8. The van der Waals surface area contributed by atoms with Gasteiger partial charge in [-0.05, 0) is 36.4 Å². The summed E-state index contributed by atoms with van der Waals surface area (Å²) in [6, 6.07) is 5.33. The van der Waals surface area contributed by atoms with Crippen LogP contribution in [0.1, 0.15) is 24.5 Å². The molecule has 112 valence electrons. The maximum Gasteiger partial charge on any atom is 0.150 e. The van der Waals surface area contributed by atoms with Gasteiger partial charge in [-0.15, -0.1) is 11.3 Å². The number of thiophene rings is 1. The average Bonchev–Trinajstić information content (AvgIpc) is 3.04. The summed E-state index contributed by atoms with van der Waals surface area (Å²) in [7, 11) is 0. The van der Waals surface area contributed by atoms with Gasteiger partial charge in [-0.3, -0.25) is 4.98 Å². The molecule has 1 aliphatic heterocycles. The summed E-state index contributed by atoms with van der Waals surface area (Å²) in [5.41, 5.74) is 2.00. The fraction of sp³-hybridized carbons (Fsp3) is 0.312. The Morgan fingerprint density at radius 2 is 1.95 bits per heavy atom. The molecule has 0 amide bonds. The molecular weight excluding hydrogens is 299 g/mol. The van der Waals surface area contributed by atoms with E-state index in [2.05, 4.69) is 25.2 Å². The van der Waals surface area contributed by atoms with E-state index in [1.807, 2.05) is 6.07 Å². The van der Waals surface area contributed by atoms with Crippen LogP contribution < -0.4 is 4.90 Å². The molecule has 1 fully saturated rings. The van der Waals surface area contributed by atoms with Gasteiger partial charge >= 0.3 is 0 Å². The highest BCUT2D eigenvalue weighted by Crippen LogP contribution is 2.33. The summed E-state index contributed by atoms with van der Waals surface area (Å²) < 4.78 is 14.1. The van der Waals surface area contributed by atoms with Crippen LogP contribution in [-0.4, -0.2) is 28.0 Å². The van der Waals surface area contributed by atoms with E-state index in [0.29, 0.717) is 5.92 Å². The molecule has 3 aromatic rings. The SMILES string of the molecule is Fc1ccc(C2CCN(c3ncnc4ccsc34)CC2)nc1. The van der Waals surface area contributed by atoms with Gasteiger partial charge in [0.15, 0.2) is 0 Å². The van der Waals surface area contributed by atoms with Crippen molar-refractivity contribution in [2.75, 3.05) is 18.0 Å². The minimum absolute atomic E-state index is 0.276. The largest absolute Gasteiger partial charge is 0.355 e. The zero-order valence-electron chi connectivity index (χ0n) is 11.9. The molecule has 4 rings (SSSR count). The van der Waals surface area contributed by atoms with Crippen LogP contribution in [0.4, 0.5) is 10.2 Å². The molecule has 1 aliphatic rings. The average molecular weight is 314 g/mol. The van der Waals surface area contributed by atoms with Crippen molar-refractivity contribution in [3.05, 3.63) is 47.6 Å². The number of hydrogen-bond donors (Lipinski definition) is 0. The lowest BCUT2D eigenvalue weighted by Gasteiger charge is -2.32. The van der Waals surface area contributed by atoms with E-state index in [-0.39, 0.29) is 5.82 Å². The molecule has 0 saturated carbocycles. The highest BCUT2D eigenvalue weighted by atomic mass is 32.1. The van der Waals surface area contributed by atoms with Gasteiger partial charge < -0.3 is 4.90 Å². The molecule has 0 bridgehead atoms. The van der Waals surface area contributed by atoms with E-state index in [1.165, 1.54) is 12.3 Å². The van der Waals surface area contributed by atoms with Crippen molar-refractivity contribution in [3.8, 4) is 0 Å². The van der Waals surface area contributed by atoms with Crippen LogP contribution in [0.2, 0.25) is 0 Å². The molecule has 0 N–H and O–H groups in total.